The Kier molecular flexibility index (Phi) is 5.75. The molecule has 0 heterocycles. The summed E-state index contributed by atoms with van der Waals surface area (Å²) in [6.45, 7) is 11.2. The number of hydrogen-bond acceptors (Lipinski definition) is 2. The predicted octanol–water partition coefficient (Wildman–Crippen LogP) is 2.41. The third kappa shape index (κ3) is 7.26. The van der Waals surface area contributed by atoms with Crippen LogP contribution in [0.4, 0.5) is 0 Å². The van der Waals surface area contributed by atoms with Crippen molar-refractivity contribution in [1.29, 1.82) is 0 Å². The Morgan fingerprint density at radius 3 is 2.55 bits per heavy atom. The molecule has 0 aromatic carbocycles. The maximum Gasteiger partial charge on any atom is 0.0521 e. The van der Waals surface area contributed by atoms with E-state index in [-0.39, 0.29) is 0 Å². The van der Waals surface area contributed by atoms with Crippen LogP contribution in [0.5, 0.6) is 0 Å². The molecule has 0 unspecified atom stereocenters. The summed E-state index contributed by atoms with van der Waals surface area (Å²) in [7, 11) is 0. The summed E-state index contributed by atoms with van der Waals surface area (Å²) in [5.41, 5.74) is 1.95. The van der Waals surface area contributed by atoms with Crippen LogP contribution in [-0.4, -0.2) is 18.9 Å². The molecule has 0 radical (unpaired) electrons. The first-order valence-corrected chi connectivity index (χ1v) is 3.94. The maximum absolute atomic E-state index is 5.16. The third-order valence-corrected chi connectivity index (χ3v) is 1.12. The molecule has 0 saturated heterocycles. The van der Waals surface area contributed by atoms with Gasteiger partial charge in [-0.3, -0.25) is 4.99 Å². The minimum atomic E-state index is 0.728. The molecule has 0 N–H and O–H groups in total. The molecule has 0 rings (SSSR count). The van der Waals surface area contributed by atoms with Crippen molar-refractivity contribution in [2.24, 2.45) is 4.99 Å². The molecular weight excluding hydrogens is 138 g/mol. The molecule has 0 aliphatic carbocycles. The Labute approximate surface area is 69.0 Å². The topological polar surface area (TPSA) is 21.6 Å². The van der Waals surface area contributed by atoms with Gasteiger partial charge in [0.25, 0.3) is 0 Å². The van der Waals surface area contributed by atoms with Crippen molar-refractivity contribution in [3.63, 3.8) is 0 Å². The van der Waals surface area contributed by atoms with E-state index in [1.807, 2.05) is 20.8 Å². The van der Waals surface area contributed by atoms with Gasteiger partial charge in [0, 0.05) is 24.4 Å². The van der Waals surface area contributed by atoms with E-state index in [0.717, 1.165) is 31.0 Å². The summed E-state index contributed by atoms with van der Waals surface area (Å²) in [4.78, 5) is 4.19. The lowest BCUT2D eigenvalue weighted by Crippen LogP contribution is -1.94. The molecule has 2 heteroatoms. The predicted molar refractivity (Wildman–Crippen MR) is 49.0 cm³/mol. The second-order valence-electron chi connectivity index (χ2n) is 2.57. The van der Waals surface area contributed by atoms with Gasteiger partial charge in [0.1, 0.15) is 0 Å². The zero-order chi connectivity index (χ0) is 8.69. The van der Waals surface area contributed by atoms with Gasteiger partial charge < -0.3 is 4.74 Å². The fourth-order valence-electron chi connectivity index (χ4n) is 0.706. The highest BCUT2D eigenvalue weighted by atomic mass is 16.5. The first kappa shape index (κ1) is 10.4. The Hall–Kier alpha value is -0.630. The number of rotatable bonds is 5. The molecular formula is C9H17NO. The minimum absolute atomic E-state index is 0.728. The molecule has 0 aliphatic heterocycles. The van der Waals surface area contributed by atoms with Crippen molar-refractivity contribution >= 4 is 5.71 Å². The molecule has 11 heavy (non-hydrogen) atoms. The summed E-state index contributed by atoms with van der Waals surface area (Å²) in [5.74, 6) is 0. The summed E-state index contributed by atoms with van der Waals surface area (Å²) < 4.78 is 5.16. The van der Waals surface area contributed by atoms with Gasteiger partial charge in [0.05, 0.1) is 6.61 Å². The minimum Gasteiger partial charge on any atom is -0.381 e. The van der Waals surface area contributed by atoms with Crippen molar-refractivity contribution in [3.8, 4) is 0 Å². The third-order valence-electron chi connectivity index (χ3n) is 1.12. The zero-order valence-corrected chi connectivity index (χ0v) is 7.68. The van der Waals surface area contributed by atoms with Gasteiger partial charge in [0.15, 0.2) is 0 Å². The van der Waals surface area contributed by atoms with Gasteiger partial charge in [-0.05, 0) is 20.8 Å². The van der Waals surface area contributed by atoms with Crippen LogP contribution >= 0.6 is 0 Å². The van der Waals surface area contributed by atoms with E-state index in [4.69, 9.17) is 4.74 Å². The highest BCUT2D eigenvalue weighted by Crippen LogP contribution is 2.00. The number of ether oxygens (including phenoxy) is 1. The van der Waals surface area contributed by atoms with Gasteiger partial charge >= 0.3 is 0 Å². The summed E-state index contributed by atoms with van der Waals surface area (Å²) in [6.07, 6.45) is 0.832. The van der Waals surface area contributed by atoms with Crippen molar-refractivity contribution in [1.82, 2.24) is 0 Å². The fraction of sp³-hybridized carbons (Fsp3) is 0.667. The Bertz CT molecular complexity index is 146. The highest BCUT2D eigenvalue weighted by molar-refractivity contribution is 5.80. The molecule has 0 amide bonds. The average Bonchev–Trinajstić information content (AvgIpc) is 1.86. The summed E-state index contributed by atoms with van der Waals surface area (Å²) >= 11 is 0. The van der Waals surface area contributed by atoms with Crippen LogP contribution in [-0.2, 0) is 4.74 Å². The van der Waals surface area contributed by atoms with Gasteiger partial charge in [-0.2, -0.15) is 0 Å². The number of aliphatic imine (C=N–C) groups is 1. The Morgan fingerprint density at radius 1 is 1.45 bits per heavy atom. The van der Waals surface area contributed by atoms with Crippen molar-refractivity contribution < 1.29 is 4.74 Å². The van der Waals surface area contributed by atoms with E-state index in [9.17, 15) is 0 Å². The second-order valence-corrected chi connectivity index (χ2v) is 2.57. The average molecular weight is 155 g/mol. The van der Waals surface area contributed by atoms with Gasteiger partial charge in [-0.15, -0.1) is 0 Å². The van der Waals surface area contributed by atoms with Crippen LogP contribution in [0, 0.1) is 0 Å². The molecule has 0 aromatic heterocycles. The number of hydrogen-bond donors (Lipinski definition) is 0. The molecule has 2 nitrogen and oxygen atoms in total. The number of nitrogens with zero attached hydrogens (tertiary/aromatic N) is 1. The van der Waals surface area contributed by atoms with Crippen molar-refractivity contribution in [2.45, 2.75) is 27.2 Å². The monoisotopic (exact) mass is 155 g/mol. The first-order valence-electron chi connectivity index (χ1n) is 3.94. The van der Waals surface area contributed by atoms with Crippen LogP contribution in [0.3, 0.4) is 0 Å². The van der Waals surface area contributed by atoms with E-state index >= 15 is 0 Å². The SMILES string of the molecule is C=C(CCOCC)N=C(C)C. The van der Waals surface area contributed by atoms with Crippen LogP contribution in [0.25, 0.3) is 0 Å². The van der Waals surface area contributed by atoms with Crippen LogP contribution in [0.2, 0.25) is 0 Å². The molecule has 0 saturated carbocycles. The fourth-order valence-corrected chi connectivity index (χ4v) is 0.706. The lowest BCUT2D eigenvalue weighted by Gasteiger charge is -2.00. The quantitative estimate of drug-likeness (QED) is 0.441. The lowest BCUT2D eigenvalue weighted by atomic mass is 10.3. The Morgan fingerprint density at radius 2 is 2.09 bits per heavy atom. The molecule has 0 spiro atoms. The van der Waals surface area contributed by atoms with E-state index in [0.29, 0.717) is 0 Å². The molecule has 64 valence electrons. The molecule has 0 atom stereocenters. The molecule has 0 bridgehead atoms. The lowest BCUT2D eigenvalue weighted by molar-refractivity contribution is 0.150. The molecule has 0 aromatic rings. The first-order chi connectivity index (χ1) is 5.16. The molecule has 0 fully saturated rings. The maximum atomic E-state index is 5.16. The van der Waals surface area contributed by atoms with E-state index in [1.54, 1.807) is 0 Å². The van der Waals surface area contributed by atoms with E-state index in [2.05, 4.69) is 11.6 Å². The summed E-state index contributed by atoms with van der Waals surface area (Å²) in [5, 5.41) is 0. The van der Waals surface area contributed by atoms with Crippen LogP contribution in [0.1, 0.15) is 27.2 Å². The van der Waals surface area contributed by atoms with Crippen molar-refractivity contribution in [2.75, 3.05) is 13.2 Å². The smallest absolute Gasteiger partial charge is 0.0521 e. The molecule has 0 aliphatic rings. The van der Waals surface area contributed by atoms with Gasteiger partial charge in [0.2, 0.25) is 0 Å². The van der Waals surface area contributed by atoms with Gasteiger partial charge in [-0.25, -0.2) is 0 Å². The standard InChI is InChI=1S/C9H17NO/c1-5-11-7-6-9(4)10-8(2)3/h4-7H2,1-3H3. The largest absolute Gasteiger partial charge is 0.381 e. The van der Waals surface area contributed by atoms with E-state index in [1.165, 1.54) is 0 Å². The van der Waals surface area contributed by atoms with Crippen molar-refractivity contribution in [3.05, 3.63) is 12.3 Å². The summed E-state index contributed by atoms with van der Waals surface area (Å²) in [6, 6.07) is 0. The Balaban J connectivity index is 3.46. The van der Waals surface area contributed by atoms with Crippen LogP contribution in [0.15, 0.2) is 17.3 Å². The van der Waals surface area contributed by atoms with E-state index < -0.39 is 0 Å². The van der Waals surface area contributed by atoms with Gasteiger partial charge in [-0.1, -0.05) is 6.58 Å². The van der Waals surface area contributed by atoms with Crippen LogP contribution < -0.4 is 0 Å². The normalized spacial score (nSPS) is 9.36. The second kappa shape index (κ2) is 6.10. The highest BCUT2D eigenvalue weighted by Gasteiger charge is 1.90. The zero-order valence-electron chi connectivity index (χ0n) is 7.68.